The number of halogens is 1. The highest BCUT2D eigenvalue weighted by Crippen LogP contribution is 2.24. The highest BCUT2D eigenvalue weighted by atomic mass is 35.5. The number of alkyl halides is 1. The Morgan fingerprint density at radius 1 is 1.11 bits per heavy atom. The first-order valence-electron chi connectivity index (χ1n) is 6.15. The minimum Gasteiger partial charge on any atom is -0.324 e. The number of amides is 1. The van der Waals surface area contributed by atoms with Gasteiger partial charge in [-0.25, -0.2) is 0 Å². The molecule has 0 unspecified atom stereocenters. The van der Waals surface area contributed by atoms with E-state index in [-0.39, 0.29) is 5.91 Å². The van der Waals surface area contributed by atoms with Crippen LogP contribution >= 0.6 is 11.6 Å². The zero-order valence-electron chi connectivity index (χ0n) is 11.0. The molecule has 0 aliphatic carbocycles. The minimum atomic E-state index is -0.680. The SMILES string of the molecule is Cc1ccc(C)c(NC(=O)[C@H](Cl)c2ccccc2)c1. The molecule has 1 amide bonds. The molecule has 0 aliphatic rings. The Bertz CT molecular complexity index is 581. The van der Waals surface area contributed by atoms with E-state index in [1.54, 1.807) is 0 Å². The smallest absolute Gasteiger partial charge is 0.246 e. The fraction of sp³-hybridized carbons (Fsp3) is 0.188. The van der Waals surface area contributed by atoms with E-state index >= 15 is 0 Å². The largest absolute Gasteiger partial charge is 0.324 e. The molecule has 2 aromatic rings. The van der Waals surface area contributed by atoms with Crippen LogP contribution in [-0.4, -0.2) is 5.91 Å². The van der Waals surface area contributed by atoms with E-state index in [0.717, 1.165) is 22.4 Å². The number of anilines is 1. The Morgan fingerprint density at radius 2 is 1.79 bits per heavy atom. The molecule has 1 atom stereocenters. The lowest BCUT2D eigenvalue weighted by Gasteiger charge is -2.13. The van der Waals surface area contributed by atoms with Gasteiger partial charge in [0.05, 0.1) is 0 Å². The zero-order valence-corrected chi connectivity index (χ0v) is 11.7. The number of nitrogens with one attached hydrogen (secondary N) is 1. The molecule has 98 valence electrons. The van der Waals surface area contributed by atoms with Gasteiger partial charge in [-0.05, 0) is 36.6 Å². The number of rotatable bonds is 3. The monoisotopic (exact) mass is 273 g/mol. The molecule has 0 aliphatic heterocycles. The van der Waals surface area contributed by atoms with Crippen LogP contribution in [0.1, 0.15) is 22.1 Å². The van der Waals surface area contributed by atoms with Crippen LogP contribution in [0, 0.1) is 13.8 Å². The van der Waals surface area contributed by atoms with E-state index in [2.05, 4.69) is 5.32 Å². The van der Waals surface area contributed by atoms with Crippen molar-refractivity contribution in [3.8, 4) is 0 Å². The predicted octanol–water partition coefficient (Wildman–Crippen LogP) is 4.22. The molecule has 0 heterocycles. The molecule has 2 aromatic carbocycles. The standard InChI is InChI=1S/C16H16ClNO/c1-11-8-9-12(2)14(10-11)18-16(19)15(17)13-6-4-3-5-7-13/h3-10,15H,1-2H3,(H,18,19)/t15-/m1/s1. The maximum Gasteiger partial charge on any atom is 0.246 e. The van der Waals surface area contributed by atoms with Crippen molar-refractivity contribution in [1.29, 1.82) is 0 Å². The normalized spacial score (nSPS) is 11.9. The molecule has 0 aromatic heterocycles. The lowest BCUT2D eigenvalue weighted by Crippen LogP contribution is -2.18. The second-order valence-electron chi connectivity index (χ2n) is 4.58. The maximum absolute atomic E-state index is 12.1. The lowest BCUT2D eigenvalue weighted by molar-refractivity contribution is -0.116. The Balaban J connectivity index is 2.15. The van der Waals surface area contributed by atoms with Crippen molar-refractivity contribution in [2.75, 3.05) is 5.32 Å². The van der Waals surface area contributed by atoms with E-state index in [9.17, 15) is 4.79 Å². The molecule has 2 rings (SSSR count). The fourth-order valence-corrected chi connectivity index (χ4v) is 2.04. The van der Waals surface area contributed by atoms with Crippen LogP contribution in [0.25, 0.3) is 0 Å². The average molecular weight is 274 g/mol. The number of benzene rings is 2. The number of hydrogen-bond acceptors (Lipinski definition) is 1. The maximum atomic E-state index is 12.1. The Kier molecular flexibility index (Phi) is 4.23. The van der Waals surface area contributed by atoms with Gasteiger partial charge in [-0.15, -0.1) is 11.6 Å². The van der Waals surface area contributed by atoms with Gasteiger partial charge in [0.2, 0.25) is 5.91 Å². The second kappa shape index (κ2) is 5.89. The molecule has 0 fully saturated rings. The van der Waals surface area contributed by atoms with Gasteiger partial charge in [-0.1, -0.05) is 42.5 Å². The van der Waals surface area contributed by atoms with Crippen molar-refractivity contribution in [3.05, 3.63) is 65.2 Å². The summed E-state index contributed by atoms with van der Waals surface area (Å²) in [5, 5.41) is 2.20. The summed E-state index contributed by atoms with van der Waals surface area (Å²) in [4.78, 5) is 12.1. The fourth-order valence-electron chi connectivity index (χ4n) is 1.84. The van der Waals surface area contributed by atoms with Gasteiger partial charge < -0.3 is 5.32 Å². The molecule has 19 heavy (non-hydrogen) atoms. The number of aryl methyl sites for hydroxylation is 2. The quantitative estimate of drug-likeness (QED) is 0.834. The van der Waals surface area contributed by atoms with Crippen molar-refractivity contribution in [2.45, 2.75) is 19.2 Å². The van der Waals surface area contributed by atoms with E-state index in [0.29, 0.717) is 0 Å². The molecule has 0 spiro atoms. The topological polar surface area (TPSA) is 29.1 Å². The molecule has 0 saturated carbocycles. The van der Waals surface area contributed by atoms with Crippen molar-refractivity contribution < 1.29 is 4.79 Å². The summed E-state index contributed by atoms with van der Waals surface area (Å²) < 4.78 is 0. The first kappa shape index (κ1) is 13.6. The lowest BCUT2D eigenvalue weighted by atomic mass is 10.1. The van der Waals surface area contributed by atoms with Crippen LogP contribution in [0.4, 0.5) is 5.69 Å². The summed E-state index contributed by atoms with van der Waals surface area (Å²) in [6, 6.07) is 15.3. The Hall–Kier alpha value is -1.80. The summed E-state index contributed by atoms with van der Waals surface area (Å²) in [5.41, 5.74) is 3.74. The van der Waals surface area contributed by atoms with E-state index in [1.807, 2.05) is 62.4 Å². The summed E-state index contributed by atoms with van der Waals surface area (Å²) in [6.07, 6.45) is 0. The highest BCUT2D eigenvalue weighted by molar-refractivity contribution is 6.32. The van der Waals surface area contributed by atoms with Gasteiger partial charge in [0, 0.05) is 5.69 Å². The van der Waals surface area contributed by atoms with Crippen LogP contribution in [0.15, 0.2) is 48.5 Å². The van der Waals surface area contributed by atoms with Gasteiger partial charge in [-0.2, -0.15) is 0 Å². The van der Waals surface area contributed by atoms with Crippen LogP contribution in [0.2, 0.25) is 0 Å². The number of carbonyl (C=O) groups excluding carboxylic acids is 1. The number of carbonyl (C=O) groups is 1. The molecular formula is C16H16ClNO. The van der Waals surface area contributed by atoms with Crippen LogP contribution in [0.3, 0.4) is 0 Å². The Labute approximate surface area is 118 Å². The van der Waals surface area contributed by atoms with Crippen LogP contribution in [-0.2, 0) is 4.79 Å². The predicted molar refractivity (Wildman–Crippen MR) is 79.6 cm³/mol. The minimum absolute atomic E-state index is 0.207. The van der Waals surface area contributed by atoms with E-state index in [4.69, 9.17) is 11.6 Å². The first-order chi connectivity index (χ1) is 9.08. The average Bonchev–Trinajstić information content (AvgIpc) is 2.43. The zero-order chi connectivity index (χ0) is 13.8. The number of hydrogen-bond donors (Lipinski definition) is 1. The van der Waals surface area contributed by atoms with Crippen molar-refractivity contribution in [2.24, 2.45) is 0 Å². The Morgan fingerprint density at radius 3 is 2.47 bits per heavy atom. The van der Waals surface area contributed by atoms with Gasteiger partial charge in [0.1, 0.15) is 5.38 Å². The second-order valence-corrected chi connectivity index (χ2v) is 5.02. The molecule has 1 N–H and O–H groups in total. The summed E-state index contributed by atoms with van der Waals surface area (Å²) in [6.45, 7) is 3.95. The third-order valence-corrected chi connectivity index (χ3v) is 3.42. The van der Waals surface area contributed by atoms with Crippen molar-refractivity contribution >= 4 is 23.2 Å². The van der Waals surface area contributed by atoms with Gasteiger partial charge in [0.25, 0.3) is 0 Å². The third kappa shape index (κ3) is 3.36. The van der Waals surface area contributed by atoms with E-state index in [1.165, 1.54) is 0 Å². The molecule has 2 nitrogen and oxygen atoms in total. The first-order valence-corrected chi connectivity index (χ1v) is 6.58. The molecular weight excluding hydrogens is 258 g/mol. The molecule has 0 radical (unpaired) electrons. The van der Waals surface area contributed by atoms with Crippen LogP contribution < -0.4 is 5.32 Å². The summed E-state index contributed by atoms with van der Waals surface area (Å²) in [7, 11) is 0. The van der Waals surface area contributed by atoms with Gasteiger partial charge >= 0.3 is 0 Å². The van der Waals surface area contributed by atoms with E-state index < -0.39 is 5.38 Å². The van der Waals surface area contributed by atoms with Crippen molar-refractivity contribution in [3.63, 3.8) is 0 Å². The van der Waals surface area contributed by atoms with Crippen molar-refractivity contribution in [1.82, 2.24) is 0 Å². The summed E-state index contributed by atoms with van der Waals surface area (Å²) >= 11 is 6.19. The highest BCUT2D eigenvalue weighted by Gasteiger charge is 2.17. The molecule has 3 heteroatoms. The molecule has 0 saturated heterocycles. The van der Waals surface area contributed by atoms with Gasteiger partial charge in [-0.3, -0.25) is 4.79 Å². The van der Waals surface area contributed by atoms with Crippen LogP contribution in [0.5, 0.6) is 0 Å². The van der Waals surface area contributed by atoms with Gasteiger partial charge in [0.15, 0.2) is 0 Å². The summed E-state index contributed by atoms with van der Waals surface area (Å²) in [5.74, 6) is -0.207. The third-order valence-electron chi connectivity index (χ3n) is 2.97. The molecule has 0 bridgehead atoms.